The highest BCUT2D eigenvalue weighted by Crippen LogP contribution is 2.32. The predicted octanol–water partition coefficient (Wildman–Crippen LogP) is 0.248. The average Bonchev–Trinajstić information content (AvgIpc) is 2.27. The highest BCUT2D eigenvalue weighted by atomic mass is 16.6. The van der Waals surface area contributed by atoms with Crippen LogP contribution in [0.2, 0.25) is 0 Å². The van der Waals surface area contributed by atoms with Gasteiger partial charge in [0.05, 0.1) is 10.5 Å². The fourth-order valence-corrected chi connectivity index (χ4v) is 1.45. The molecule has 2 unspecified atom stereocenters. The summed E-state index contributed by atoms with van der Waals surface area (Å²) in [6.07, 6.45) is -2.15. The summed E-state index contributed by atoms with van der Waals surface area (Å²) in [5.41, 5.74) is -2.94. The minimum absolute atomic E-state index is 0.250. The molecule has 0 spiro atoms. The number of nitro benzene ring substituents is 1. The number of hydrogen-bond donors (Lipinski definition) is 3. The van der Waals surface area contributed by atoms with E-state index in [2.05, 4.69) is 0 Å². The Morgan fingerprint density at radius 1 is 1.47 bits per heavy atom. The van der Waals surface area contributed by atoms with E-state index in [0.717, 1.165) is 13.0 Å². The van der Waals surface area contributed by atoms with Gasteiger partial charge in [-0.1, -0.05) is 12.1 Å². The van der Waals surface area contributed by atoms with Crippen molar-refractivity contribution in [3.63, 3.8) is 0 Å². The van der Waals surface area contributed by atoms with E-state index < -0.39 is 28.3 Å². The molecule has 2 atom stereocenters. The van der Waals surface area contributed by atoms with Gasteiger partial charge in [-0.2, -0.15) is 0 Å². The third-order valence-corrected chi connectivity index (χ3v) is 2.41. The van der Waals surface area contributed by atoms with Crippen LogP contribution in [0.3, 0.4) is 0 Å². The molecular formula is C10H11NO6. The Morgan fingerprint density at radius 3 is 2.47 bits per heavy atom. The van der Waals surface area contributed by atoms with E-state index in [4.69, 9.17) is 5.11 Å². The molecule has 0 saturated carbocycles. The highest BCUT2D eigenvalue weighted by molar-refractivity contribution is 5.74. The van der Waals surface area contributed by atoms with Crippen molar-refractivity contribution >= 4 is 11.7 Å². The molecule has 0 heterocycles. The summed E-state index contributed by atoms with van der Waals surface area (Å²) in [7, 11) is 0. The van der Waals surface area contributed by atoms with Crippen molar-refractivity contribution in [2.45, 2.75) is 18.6 Å². The number of para-hydroxylation sites is 1. The molecule has 0 fully saturated rings. The first-order valence-electron chi connectivity index (χ1n) is 4.65. The topological polar surface area (TPSA) is 121 Å². The van der Waals surface area contributed by atoms with Crippen LogP contribution in [-0.2, 0) is 10.4 Å². The van der Waals surface area contributed by atoms with Crippen molar-refractivity contribution in [3.05, 3.63) is 39.9 Å². The van der Waals surface area contributed by atoms with Gasteiger partial charge in [0.15, 0.2) is 6.10 Å². The third kappa shape index (κ3) is 2.40. The van der Waals surface area contributed by atoms with Crippen molar-refractivity contribution in [3.8, 4) is 0 Å². The van der Waals surface area contributed by atoms with E-state index >= 15 is 0 Å². The highest BCUT2D eigenvalue weighted by Gasteiger charge is 2.41. The second kappa shape index (κ2) is 4.48. The Morgan fingerprint density at radius 2 is 2.00 bits per heavy atom. The Bertz CT molecular complexity index is 456. The van der Waals surface area contributed by atoms with Crippen LogP contribution >= 0.6 is 0 Å². The maximum atomic E-state index is 10.7. The number of hydrogen-bond acceptors (Lipinski definition) is 5. The molecule has 1 rings (SSSR count). The first-order chi connectivity index (χ1) is 7.78. The second-order valence-electron chi connectivity index (χ2n) is 3.66. The van der Waals surface area contributed by atoms with Gasteiger partial charge in [0, 0.05) is 6.07 Å². The molecular weight excluding hydrogens is 230 g/mol. The van der Waals surface area contributed by atoms with Gasteiger partial charge < -0.3 is 15.3 Å². The van der Waals surface area contributed by atoms with Crippen LogP contribution in [0.4, 0.5) is 5.69 Å². The molecule has 0 radical (unpaired) electrons. The molecule has 0 aliphatic rings. The standard InChI is InChI=1S/C10H11NO6/c1-10(15,8(12)9(13)14)6-4-2-3-5-7(6)11(16)17/h2-5,8,12,15H,1H3,(H,13,14). The Labute approximate surface area is 96.1 Å². The van der Waals surface area contributed by atoms with Crippen LogP contribution in [0.5, 0.6) is 0 Å². The lowest BCUT2D eigenvalue weighted by Crippen LogP contribution is -2.42. The van der Waals surface area contributed by atoms with Gasteiger partial charge >= 0.3 is 5.97 Å². The zero-order valence-corrected chi connectivity index (χ0v) is 8.90. The predicted molar refractivity (Wildman–Crippen MR) is 56.3 cm³/mol. The fourth-order valence-electron chi connectivity index (χ4n) is 1.45. The summed E-state index contributed by atoms with van der Waals surface area (Å²) < 4.78 is 0. The summed E-state index contributed by atoms with van der Waals surface area (Å²) >= 11 is 0. The number of carbonyl (C=O) groups is 1. The van der Waals surface area contributed by atoms with E-state index in [9.17, 15) is 25.1 Å². The molecule has 3 N–H and O–H groups in total. The molecule has 92 valence electrons. The number of aliphatic hydroxyl groups is 2. The van der Waals surface area contributed by atoms with Crippen molar-refractivity contribution < 1.29 is 25.0 Å². The van der Waals surface area contributed by atoms with E-state index in [0.29, 0.717) is 0 Å². The van der Waals surface area contributed by atoms with E-state index in [1.54, 1.807) is 0 Å². The normalized spacial score (nSPS) is 15.9. The maximum Gasteiger partial charge on any atom is 0.335 e. The van der Waals surface area contributed by atoms with Gasteiger partial charge in [-0.05, 0) is 13.0 Å². The van der Waals surface area contributed by atoms with Crippen LogP contribution in [0.25, 0.3) is 0 Å². The molecule has 0 aromatic heterocycles. The smallest absolute Gasteiger partial charge is 0.335 e. The Balaban J connectivity index is 3.32. The van der Waals surface area contributed by atoms with Gasteiger partial charge in [-0.3, -0.25) is 10.1 Å². The van der Waals surface area contributed by atoms with Crippen molar-refractivity contribution in [1.29, 1.82) is 0 Å². The van der Waals surface area contributed by atoms with Crippen LogP contribution in [0.15, 0.2) is 24.3 Å². The summed E-state index contributed by atoms with van der Waals surface area (Å²) in [6, 6.07) is 5.11. The molecule has 0 amide bonds. The van der Waals surface area contributed by atoms with Crippen LogP contribution in [0.1, 0.15) is 12.5 Å². The van der Waals surface area contributed by atoms with Gasteiger partial charge in [-0.25, -0.2) is 4.79 Å². The average molecular weight is 241 g/mol. The lowest BCUT2D eigenvalue weighted by molar-refractivity contribution is -0.386. The number of nitro groups is 1. The Kier molecular flexibility index (Phi) is 3.45. The quantitative estimate of drug-likeness (QED) is 0.513. The molecule has 1 aromatic rings. The van der Waals surface area contributed by atoms with E-state index in [1.807, 2.05) is 0 Å². The minimum Gasteiger partial charge on any atom is -0.479 e. The summed E-state index contributed by atoms with van der Waals surface area (Å²) in [6.45, 7) is 1.01. The minimum atomic E-state index is -2.24. The number of nitrogens with zero attached hydrogens (tertiary/aromatic N) is 1. The number of rotatable bonds is 4. The number of carboxylic acids is 1. The monoisotopic (exact) mass is 241 g/mol. The number of aliphatic carboxylic acids is 1. The molecule has 7 heteroatoms. The van der Waals surface area contributed by atoms with Crippen molar-refractivity contribution in [1.82, 2.24) is 0 Å². The van der Waals surface area contributed by atoms with E-state index in [1.165, 1.54) is 18.2 Å². The molecule has 17 heavy (non-hydrogen) atoms. The largest absolute Gasteiger partial charge is 0.479 e. The molecule has 0 aliphatic carbocycles. The third-order valence-electron chi connectivity index (χ3n) is 2.41. The molecule has 0 bridgehead atoms. The van der Waals surface area contributed by atoms with Gasteiger partial charge in [0.1, 0.15) is 5.60 Å². The zero-order valence-electron chi connectivity index (χ0n) is 8.90. The van der Waals surface area contributed by atoms with Crippen LogP contribution < -0.4 is 0 Å². The molecule has 1 aromatic carbocycles. The second-order valence-corrected chi connectivity index (χ2v) is 3.66. The first kappa shape index (κ1) is 13.1. The van der Waals surface area contributed by atoms with Crippen molar-refractivity contribution in [2.24, 2.45) is 0 Å². The lowest BCUT2D eigenvalue weighted by atomic mass is 9.89. The number of aliphatic hydroxyl groups excluding tert-OH is 1. The fraction of sp³-hybridized carbons (Fsp3) is 0.300. The van der Waals surface area contributed by atoms with Gasteiger partial charge in [0.2, 0.25) is 0 Å². The zero-order chi connectivity index (χ0) is 13.2. The van der Waals surface area contributed by atoms with Crippen molar-refractivity contribution in [2.75, 3.05) is 0 Å². The van der Waals surface area contributed by atoms with Gasteiger partial charge in [0.25, 0.3) is 5.69 Å². The van der Waals surface area contributed by atoms with Gasteiger partial charge in [-0.15, -0.1) is 0 Å². The number of carboxylic acid groups (broad SMARTS) is 1. The summed E-state index contributed by atoms with van der Waals surface area (Å²) in [5.74, 6) is -1.66. The molecule has 0 saturated heterocycles. The summed E-state index contributed by atoms with van der Waals surface area (Å²) in [4.78, 5) is 20.6. The molecule has 0 aliphatic heterocycles. The summed E-state index contributed by atoms with van der Waals surface area (Å²) in [5, 5.41) is 38.6. The first-order valence-corrected chi connectivity index (χ1v) is 4.65. The van der Waals surface area contributed by atoms with E-state index in [-0.39, 0.29) is 5.56 Å². The molecule has 7 nitrogen and oxygen atoms in total. The SMILES string of the molecule is CC(O)(c1ccccc1[N+](=O)[O-])C(O)C(=O)O. The Hall–Kier alpha value is -1.99. The lowest BCUT2D eigenvalue weighted by Gasteiger charge is -2.26. The van der Waals surface area contributed by atoms with Crippen LogP contribution in [0, 0.1) is 10.1 Å². The van der Waals surface area contributed by atoms with Crippen LogP contribution in [-0.4, -0.2) is 32.3 Å². The maximum absolute atomic E-state index is 10.7. The number of benzene rings is 1.